The fourth-order valence-electron chi connectivity index (χ4n) is 4.40. The predicted octanol–water partition coefficient (Wildman–Crippen LogP) is 1.76. The van der Waals surface area contributed by atoms with Gasteiger partial charge in [0.05, 0.1) is 0 Å². The minimum atomic E-state index is 0.270. The first-order valence-corrected chi connectivity index (χ1v) is 7.40. The van der Waals surface area contributed by atoms with Crippen molar-refractivity contribution in [1.29, 1.82) is 0 Å². The van der Waals surface area contributed by atoms with E-state index in [1.807, 2.05) is 0 Å². The molecule has 3 rings (SSSR count). The molecule has 2 unspecified atom stereocenters. The third-order valence-electron chi connectivity index (χ3n) is 5.41. The summed E-state index contributed by atoms with van der Waals surface area (Å²) in [5.74, 6) is 0.968. The summed E-state index contributed by atoms with van der Waals surface area (Å²) >= 11 is 0. The van der Waals surface area contributed by atoms with E-state index < -0.39 is 0 Å². The van der Waals surface area contributed by atoms with Gasteiger partial charge in [-0.2, -0.15) is 0 Å². The Bertz CT molecular complexity index is 263. The number of rotatable bonds is 2. The summed E-state index contributed by atoms with van der Waals surface area (Å²) in [6.07, 6.45) is 9.43. The van der Waals surface area contributed by atoms with Gasteiger partial charge in [0.25, 0.3) is 0 Å². The molecule has 0 spiro atoms. The zero-order chi connectivity index (χ0) is 11.7. The van der Waals surface area contributed by atoms with E-state index in [0.717, 1.165) is 44.6 Å². The van der Waals surface area contributed by atoms with Crippen molar-refractivity contribution < 1.29 is 4.74 Å². The molecule has 3 aliphatic rings. The molecule has 1 saturated carbocycles. The minimum Gasteiger partial charge on any atom is -0.381 e. The molecule has 1 aliphatic carbocycles. The van der Waals surface area contributed by atoms with Crippen LogP contribution in [0.5, 0.6) is 0 Å². The Labute approximate surface area is 105 Å². The van der Waals surface area contributed by atoms with Crippen LogP contribution in [-0.4, -0.2) is 42.8 Å². The van der Waals surface area contributed by atoms with Gasteiger partial charge in [0.2, 0.25) is 0 Å². The molecule has 0 amide bonds. The van der Waals surface area contributed by atoms with Crippen LogP contribution in [0.2, 0.25) is 0 Å². The maximum absolute atomic E-state index is 6.15. The summed E-state index contributed by atoms with van der Waals surface area (Å²) < 4.78 is 5.55. The van der Waals surface area contributed by atoms with E-state index >= 15 is 0 Å². The highest BCUT2D eigenvalue weighted by atomic mass is 16.5. The van der Waals surface area contributed by atoms with Crippen molar-refractivity contribution in [2.45, 2.75) is 56.5 Å². The lowest BCUT2D eigenvalue weighted by atomic mass is 9.81. The maximum atomic E-state index is 6.15. The highest BCUT2D eigenvalue weighted by molar-refractivity contribution is 5.01. The van der Waals surface area contributed by atoms with Gasteiger partial charge in [-0.1, -0.05) is 6.42 Å². The molecule has 2 saturated heterocycles. The second-order valence-corrected chi connectivity index (χ2v) is 6.13. The summed E-state index contributed by atoms with van der Waals surface area (Å²) in [4.78, 5) is 2.80. The third kappa shape index (κ3) is 2.02. The Morgan fingerprint density at radius 1 is 1.12 bits per heavy atom. The molecule has 2 heterocycles. The first-order valence-electron chi connectivity index (χ1n) is 7.40. The number of fused-ring (bicyclic) bond motifs is 1. The van der Waals surface area contributed by atoms with Crippen LogP contribution in [0, 0.1) is 5.92 Å². The van der Waals surface area contributed by atoms with Gasteiger partial charge in [0.1, 0.15) is 0 Å². The fraction of sp³-hybridized carbons (Fsp3) is 1.00. The van der Waals surface area contributed by atoms with Crippen LogP contribution in [0.4, 0.5) is 0 Å². The fourth-order valence-corrected chi connectivity index (χ4v) is 4.40. The lowest BCUT2D eigenvalue weighted by molar-refractivity contribution is -0.0634. The Morgan fingerprint density at radius 3 is 2.65 bits per heavy atom. The number of piperidine rings is 1. The Balaban J connectivity index is 1.79. The first-order chi connectivity index (χ1) is 8.36. The van der Waals surface area contributed by atoms with Gasteiger partial charge in [0.15, 0.2) is 0 Å². The summed E-state index contributed by atoms with van der Waals surface area (Å²) in [5, 5.41) is 0. The van der Waals surface area contributed by atoms with Gasteiger partial charge in [-0.15, -0.1) is 0 Å². The predicted molar refractivity (Wildman–Crippen MR) is 68.9 cm³/mol. The molecule has 0 bridgehead atoms. The van der Waals surface area contributed by atoms with Crippen LogP contribution >= 0.6 is 0 Å². The summed E-state index contributed by atoms with van der Waals surface area (Å²) in [7, 11) is 0. The number of hydrogen-bond donors (Lipinski definition) is 1. The van der Waals surface area contributed by atoms with Crippen molar-refractivity contribution in [3.8, 4) is 0 Å². The summed E-state index contributed by atoms with van der Waals surface area (Å²) in [5.41, 5.74) is 6.42. The van der Waals surface area contributed by atoms with Crippen LogP contribution in [0.15, 0.2) is 0 Å². The SMILES string of the molecule is NCC1(N2CCCC3CCCC32)CCOCC1. The van der Waals surface area contributed by atoms with Crippen LogP contribution in [0.25, 0.3) is 0 Å². The summed E-state index contributed by atoms with van der Waals surface area (Å²) in [6.45, 7) is 3.91. The minimum absolute atomic E-state index is 0.270. The molecular formula is C14H26N2O. The molecule has 2 aliphatic heterocycles. The first kappa shape index (κ1) is 11.9. The molecule has 3 heteroatoms. The zero-order valence-corrected chi connectivity index (χ0v) is 10.9. The third-order valence-corrected chi connectivity index (χ3v) is 5.41. The van der Waals surface area contributed by atoms with Crippen molar-refractivity contribution in [2.75, 3.05) is 26.3 Å². The van der Waals surface area contributed by atoms with Crippen molar-refractivity contribution in [3.05, 3.63) is 0 Å². The molecule has 0 radical (unpaired) electrons. The van der Waals surface area contributed by atoms with Gasteiger partial charge >= 0.3 is 0 Å². The van der Waals surface area contributed by atoms with Crippen LogP contribution in [-0.2, 0) is 4.74 Å². The molecular weight excluding hydrogens is 212 g/mol. The van der Waals surface area contributed by atoms with Crippen molar-refractivity contribution in [3.63, 3.8) is 0 Å². The van der Waals surface area contributed by atoms with E-state index in [1.165, 1.54) is 38.6 Å². The Morgan fingerprint density at radius 2 is 1.88 bits per heavy atom. The smallest absolute Gasteiger partial charge is 0.0484 e. The lowest BCUT2D eigenvalue weighted by Gasteiger charge is -2.52. The van der Waals surface area contributed by atoms with Gasteiger partial charge in [-0.3, -0.25) is 4.90 Å². The second kappa shape index (κ2) is 4.87. The number of likely N-dealkylation sites (tertiary alicyclic amines) is 1. The average Bonchev–Trinajstić information content (AvgIpc) is 2.87. The molecule has 0 aromatic rings. The van der Waals surface area contributed by atoms with E-state index in [2.05, 4.69) is 4.90 Å². The molecule has 17 heavy (non-hydrogen) atoms. The maximum Gasteiger partial charge on any atom is 0.0484 e. The van der Waals surface area contributed by atoms with Crippen LogP contribution in [0.1, 0.15) is 44.9 Å². The highest BCUT2D eigenvalue weighted by Gasteiger charge is 2.45. The quantitative estimate of drug-likeness (QED) is 0.796. The standard InChI is InChI=1S/C14H26N2O/c15-11-14(6-9-17-10-7-14)16-8-2-4-12-3-1-5-13(12)16/h12-13H,1-11,15H2. The van der Waals surface area contributed by atoms with Crippen LogP contribution < -0.4 is 5.73 Å². The largest absolute Gasteiger partial charge is 0.381 e. The highest BCUT2D eigenvalue weighted by Crippen LogP contribution is 2.42. The molecule has 0 aromatic carbocycles. The molecule has 3 nitrogen and oxygen atoms in total. The van der Waals surface area contributed by atoms with E-state index in [9.17, 15) is 0 Å². The van der Waals surface area contributed by atoms with Crippen LogP contribution in [0.3, 0.4) is 0 Å². The zero-order valence-electron chi connectivity index (χ0n) is 10.9. The average molecular weight is 238 g/mol. The lowest BCUT2D eigenvalue weighted by Crippen LogP contribution is -2.62. The Hall–Kier alpha value is -0.120. The van der Waals surface area contributed by atoms with Gasteiger partial charge < -0.3 is 10.5 Å². The van der Waals surface area contributed by atoms with E-state index in [1.54, 1.807) is 0 Å². The molecule has 2 N–H and O–H groups in total. The van der Waals surface area contributed by atoms with E-state index in [0.29, 0.717) is 0 Å². The molecule has 98 valence electrons. The molecule has 3 fully saturated rings. The van der Waals surface area contributed by atoms with Gasteiger partial charge in [-0.05, 0) is 51.0 Å². The van der Waals surface area contributed by atoms with E-state index in [-0.39, 0.29) is 5.54 Å². The number of nitrogens with two attached hydrogens (primary N) is 1. The van der Waals surface area contributed by atoms with Crippen molar-refractivity contribution in [1.82, 2.24) is 4.90 Å². The summed E-state index contributed by atoms with van der Waals surface area (Å²) in [6, 6.07) is 0.838. The Kier molecular flexibility index (Phi) is 3.42. The van der Waals surface area contributed by atoms with Gasteiger partial charge in [-0.25, -0.2) is 0 Å². The van der Waals surface area contributed by atoms with Crippen molar-refractivity contribution in [2.24, 2.45) is 11.7 Å². The second-order valence-electron chi connectivity index (χ2n) is 6.13. The van der Waals surface area contributed by atoms with Crippen molar-refractivity contribution >= 4 is 0 Å². The number of ether oxygens (including phenoxy) is 1. The topological polar surface area (TPSA) is 38.5 Å². The number of hydrogen-bond acceptors (Lipinski definition) is 3. The van der Waals surface area contributed by atoms with E-state index in [4.69, 9.17) is 10.5 Å². The number of nitrogens with zero attached hydrogens (tertiary/aromatic N) is 1. The normalized spacial score (nSPS) is 37.9. The monoisotopic (exact) mass is 238 g/mol. The molecule has 0 aromatic heterocycles. The van der Waals surface area contributed by atoms with Gasteiger partial charge in [0, 0.05) is 31.3 Å². The molecule has 2 atom stereocenters.